The van der Waals surface area contributed by atoms with Crippen LogP contribution in [-0.4, -0.2) is 7.69 Å². The van der Waals surface area contributed by atoms with Crippen molar-refractivity contribution in [2.24, 2.45) is 0 Å². The first kappa shape index (κ1) is 10.6. The molecule has 5 heteroatoms. The normalized spacial score (nSPS) is 10.0. The summed E-state index contributed by atoms with van der Waals surface area (Å²) in [5.41, 5.74) is 2.45. The van der Waals surface area contributed by atoms with Gasteiger partial charge in [0.1, 0.15) is 0 Å². The molecule has 2 heterocycles. The Labute approximate surface area is 97.8 Å². The number of aryl methyl sites for hydroxylation is 2. The van der Waals surface area contributed by atoms with Crippen LogP contribution in [0.25, 0.3) is 0 Å². The highest BCUT2D eigenvalue weighted by Gasteiger charge is 2.02. The van der Waals surface area contributed by atoms with Crippen molar-refractivity contribution >= 4 is 30.4 Å². The van der Waals surface area contributed by atoms with Crippen LogP contribution >= 0.6 is 22.7 Å². The van der Waals surface area contributed by atoms with Gasteiger partial charge in [0.2, 0.25) is 0 Å². The molecule has 0 bridgehead atoms. The van der Waals surface area contributed by atoms with E-state index in [1.54, 1.807) is 22.7 Å². The summed E-state index contributed by atoms with van der Waals surface area (Å²) >= 11 is 3.18. The second-order valence-corrected chi connectivity index (χ2v) is 5.04. The van der Waals surface area contributed by atoms with E-state index in [4.69, 9.17) is 9.31 Å². The van der Waals surface area contributed by atoms with Crippen LogP contribution in [0.3, 0.4) is 0 Å². The summed E-state index contributed by atoms with van der Waals surface area (Å²) in [4.78, 5) is 0. The molecule has 0 aromatic carbocycles. The fraction of sp³-hybridized carbons (Fsp3) is 0.200. The van der Waals surface area contributed by atoms with Crippen molar-refractivity contribution in [1.29, 1.82) is 0 Å². The molecule has 0 atom stereocenters. The van der Waals surface area contributed by atoms with Gasteiger partial charge in [-0.25, -0.2) is 0 Å². The van der Waals surface area contributed by atoms with Crippen molar-refractivity contribution in [3.05, 3.63) is 34.0 Å². The lowest BCUT2D eigenvalue weighted by molar-refractivity contribution is 0.473. The van der Waals surface area contributed by atoms with Gasteiger partial charge in [-0.1, -0.05) is 0 Å². The van der Waals surface area contributed by atoms with E-state index in [2.05, 4.69) is 10.8 Å². The molecule has 0 saturated carbocycles. The van der Waals surface area contributed by atoms with Gasteiger partial charge in [0.15, 0.2) is 10.1 Å². The van der Waals surface area contributed by atoms with Gasteiger partial charge in [0, 0.05) is 0 Å². The Morgan fingerprint density at radius 3 is 1.73 bits per heavy atom. The van der Waals surface area contributed by atoms with Crippen molar-refractivity contribution in [2.45, 2.75) is 13.8 Å². The van der Waals surface area contributed by atoms with Crippen LogP contribution in [0.5, 0.6) is 10.1 Å². The molecule has 0 aliphatic rings. The summed E-state index contributed by atoms with van der Waals surface area (Å²) in [6.45, 7) is 4.10. The molecule has 2 aromatic rings. The predicted molar refractivity (Wildman–Crippen MR) is 66.5 cm³/mol. The van der Waals surface area contributed by atoms with Gasteiger partial charge < -0.3 is 9.31 Å². The molecule has 0 amide bonds. The Hall–Kier alpha value is -0.935. The van der Waals surface area contributed by atoms with Gasteiger partial charge in [-0.15, -0.1) is 22.7 Å². The summed E-state index contributed by atoms with van der Waals surface area (Å²) in [6.07, 6.45) is 0. The first-order chi connectivity index (χ1) is 7.24. The lowest BCUT2D eigenvalue weighted by Gasteiger charge is -2.01. The average molecular weight is 238 g/mol. The standard InChI is InChI=1S/C10H11BO2S2/c1-7-3-9(14-5-7)12-11-13-10-4-8(2)6-15-10/h3-6,11H,1-2H3. The zero-order chi connectivity index (χ0) is 10.7. The molecule has 0 spiro atoms. The van der Waals surface area contributed by atoms with Crippen LogP contribution in [-0.2, 0) is 0 Å². The van der Waals surface area contributed by atoms with E-state index in [1.165, 1.54) is 11.1 Å². The zero-order valence-electron chi connectivity index (χ0n) is 8.65. The first-order valence-electron chi connectivity index (χ1n) is 4.60. The molecular formula is C10H11BO2S2. The van der Waals surface area contributed by atoms with Gasteiger partial charge >= 0.3 is 7.69 Å². The molecule has 2 nitrogen and oxygen atoms in total. The Balaban J connectivity index is 1.80. The average Bonchev–Trinajstić information content (AvgIpc) is 2.76. The molecule has 2 rings (SSSR count). The molecule has 0 saturated heterocycles. The minimum atomic E-state index is 0.278. The van der Waals surface area contributed by atoms with Gasteiger partial charge in [-0.05, 0) is 47.9 Å². The maximum absolute atomic E-state index is 5.44. The third-order valence-electron chi connectivity index (χ3n) is 1.82. The quantitative estimate of drug-likeness (QED) is 0.762. The Bertz CT molecular complexity index is 396. The fourth-order valence-electron chi connectivity index (χ4n) is 1.11. The molecule has 0 radical (unpaired) electrons. The van der Waals surface area contributed by atoms with Gasteiger partial charge in [0.25, 0.3) is 0 Å². The molecule has 0 fully saturated rings. The van der Waals surface area contributed by atoms with E-state index >= 15 is 0 Å². The first-order valence-corrected chi connectivity index (χ1v) is 6.36. The molecule has 78 valence electrons. The van der Waals surface area contributed by atoms with Crippen molar-refractivity contribution in [3.63, 3.8) is 0 Å². The highest BCUT2D eigenvalue weighted by atomic mass is 32.1. The topological polar surface area (TPSA) is 18.5 Å². The predicted octanol–water partition coefficient (Wildman–Crippen LogP) is 3.15. The number of thiophene rings is 2. The number of hydrogen-bond donors (Lipinski definition) is 0. The van der Waals surface area contributed by atoms with Crippen LogP contribution in [0, 0.1) is 13.8 Å². The maximum atomic E-state index is 5.44. The maximum Gasteiger partial charge on any atom is 0.577 e. The Morgan fingerprint density at radius 1 is 0.933 bits per heavy atom. The summed E-state index contributed by atoms with van der Waals surface area (Å²) in [5.74, 6) is 0. The van der Waals surface area contributed by atoms with Crippen LogP contribution < -0.4 is 9.31 Å². The smallest absolute Gasteiger partial charge is 0.521 e. The van der Waals surface area contributed by atoms with Crippen LogP contribution in [0.1, 0.15) is 11.1 Å². The Morgan fingerprint density at radius 2 is 1.40 bits per heavy atom. The third kappa shape index (κ3) is 3.01. The largest absolute Gasteiger partial charge is 0.577 e. The number of rotatable bonds is 4. The SMILES string of the molecule is Cc1csc(OBOc2cc(C)cs2)c1. The summed E-state index contributed by atoms with van der Waals surface area (Å²) < 4.78 is 10.9. The van der Waals surface area contributed by atoms with Crippen LogP contribution in [0.15, 0.2) is 22.9 Å². The minimum absolute atomic E-state index is 0.278. The second-order valence-electron chi connectivity index (χ2n) is 3.29. The van der Waals surface area contributed by atoms with Gasteiger partial charge in [0.05, 0.1) is 0 Å². The van der Waals surface area contributed by atoms with Crippen LogP contribution in [0.2, 0.25) is 0 Å². The van der Waals surface area contributed by atoms with E-state index in [1.807, 2.05) is 26.0 Å². The molecule has 0 aliphatic carbocycles. The third-order valence-corrected chi connectivity index (χ3v) is 3.73. The van der Waals surface area contributed by atoms with E-state index in [0.717, 1.165) is 10.1 Å². The lowest BCUT2D eigenvalue weighted by Crippen LogP contribution is -2.09. The van der Waals surface area contributed by atoms with Crippen molar-refractivity contribution in [2.75, 3.05) is 0 Å². The molecule has 0 aliphatic heterocycles. The summed E-state index contributed by atoms with van der Waals surface area (Å²) in [6, 6.07) is 4.02. The van der Waals surface area contributed by atoms with Crippen molar-refractivity contribution in [1.82, 2.24) is 0 Å². The molecular weight excluding hydrogens is 227 g/mol. The highest BCUT2D eigenvalue weighted by molar-refractivity contribution is 7.12. The van der Waals surface area contributed by atoms with Crippen molar-refractivity contribution < 1.29 is 9.31 Å². The molecule has 0 unspecified atom stereocenters. The van der Waals surface area contributed by atoms with E-state index < -0.39 is 0 Å². The zero-order valence-corrected chi connectivity index (χ0v) is 10.3. The van der Waals surface area contributed by atoms with E-state index in [0.29, 0.717) is 0 Å². The van der Waals surface area contributed by atoms with Crippen LogP contribution in [0.4, 0.5) is 0 Å². The molecule has 0 N–H and O–H groups in total. The van der Waals surface area contributed by atoms with Gasteiger partial charge in [-0.2, -0.15) is 0 Å². The molecule has 15 heavy (non-hydrogen) atoms. The summed E-state index contributed by atoms with van der Waals surface area (Å²) in [7, 11) is 0.278. The molecule has 2 aromatic heterocycles. The van der Waals surface area contributed by atoms with Crippen molar-refractivity contribution in [3.8, 4) is 10.1 Å². The second kappa shape index (κ2) is 4.72. The van der Waals surface area contributed by atoms with Gasteiger partial charge in [-0.3, -0.25) is 0 Å². The lowest BCUT2D eigenvalue weighted by atomic mass is 10.3. The van der Waals surface area contributed by atoms with E-state index in [-0.39, 0.29) is 7.69 Å². The highest BCUT2D eigenvalue weighted by Crippen LogP contribution is 2.24. The Kier molecular flexibility index (Phi) is 3.33. The minimum Gasteiger partial charge on any atom is -0.521 e. The summed E-state index contributed by atoms with van der Waals surface area (Å²) in [5, 5.41) is 5.93. The number of hydrogen-bond acceptors (Lipinski definition) is 4. The fourth-order valence-corrected chi connectivity index (χ4v) is 2.59. The van der Waals surface area contributed by atoms with E-state index in [9.17, 15) is 0 Å². The monoisotopic (exact) mass is 238 g/mol.